The molecule has 23 heavy (non-hydrogen) atoms. The van der Waals surface area contributed by atoms with Crippen molar-refractivity contribution < 1.29 is 5.11 Å². The molecule has 0 amide bonds. The van der Waals surface area contributed by atoms with Crippen molar-refractivity contribution in [1.29, 1.82) is 0 Å². The van der Waals surface area contributed by atoms with Crippen LogP contribution in [-0.2, 0) is 6.42 Å². The van der Waals surface area contributed by atoms with E-state index >= 15 is 0 Å². The highest BCUT2D eigenvalue weighted by molar-refractivity contribution is 6.33. The molecule has 0 aromatic heterocycles. The monoisotopic (exact) mass is 350 g/mol. The van der Waals surface area contributed by atoms with E-state index in [1.807, 2.05) is 24.3 Å². The molecule has 0 radical (unpaired) electrons. The number of aliphatic hydroxyl groups excluding tert-OH is 1. The van der Waals surface area contributed by atoms with Gasteiger partial charge in [-0.3, -0.25) is 0 Å². The molecular weight excluding hydrogens is 331 g/mol. The van der Waals surface area contributed by atoms with Gasteiger partial charge < -0.3 is 15.3 Å². The van der Waals surface area contributed by atoms with Crippen molar-refractivity contribution in [2.24, 2.45) is 0 Å². The highest BCUT2D eigenvalue weighted by atomic mass is 35.5. The number of aliphatic hydroxyl groups is 1. The molecule has 3 rings (SSSR count). The third kappa shape index (κ3) is 3.81. The average molecular weight is 351 g/mol. The lowest BCUT2D eigenvalue weighted by atomic mass is 10.0. The van der Waals surface area contributed by atoms with E-state index in [2.05, 4.69) is 28.4 Å². The molecule has 0 saturated carbocycles. The second-order valence-corrected chi connectivity index (χ2v) is 6.57. The summed E-state index contributed by atoms with van der Waals surface area (Å²) in [6, 6.07) is 14.3. The Morgan fingerprint density at radius 3 is 2.61 bits per heavy atom. The van der Waals surface area contributed by atoms with Crippen molar-refractivity contribution in [3.05, 3.63) is 63.6 Å². The van der Waals surface area contributed by atoms with Gasteiger partial charge in [0.05, 0.1) is 16.8 Å². The smallest absolute Gasteiger partial charge is 0.0668 e. The Kier molecular flexibility index (Phi) is 5.44. The maximum atomic E-state index is 9.07. The zero-order chi connectivity index (χ0) is 16.2. The van der Waals surface area contributed by atoms with Crippen LogP contribution >= 0.6 is 23.2 Å². The largest absolute Gasteiger partial charge is 0.396 e. The van der Waals surface area contributed by atoms with Crippen LogP contribution in [0, 0.1) is 0 Å². The van der Waals surface area contributed by atoms with Gasteiger partial charge in [-0.25, -0.2) is 0 Å². The summed E-state index contributed by atoms with van der Waals surface area (Å²) in [5.41, 5.74) is 3.31. The van der Waals surface area contributed by atoms with Gasteiger partial charge in [0.25, 0.3) is 0 Å². The van der Waals surface area contributed by atoms with Crippen molar-refractivity contribution in [3.63, 3.8) is 0 Å². The van der Waals surface area contributed by atoms with Crippen LogP contribution in [0.15, 0.2) is 42.5 Å². The van der Waals surface area contributed by atoms with Crippen molar-refractivity contribution in [3.8, 4) is 0 Å². The minimum Gasteiger partial charge on any atom is -0.396 e. The molecule has 2 aromatic carbocycles. The molecule has 2 N–H and O–H groups in total. The molecule has 0 bridgehead atoms. The Balaban J connectivity index is 1.90. The molecule has 1 fully saturated rings. The maximum Gasteiger partial charge on any atom is 0.0668 e. The fourth-order valence-electron chi connectivity index (χ4n) is 3.04. The molecule has 0 aliphatic carbocycles. The van der Waals surface area contributed by atoms with E-state index in [0.717, 1.165) is 40.9 Å². The quantitative estimate of drug-likeness (QED) is 0.882. The maximum absolute atomic E-state index is 9.07. The van der Waals surface area contributed by atoms with Gasteiger partial charge in [0.2, 0.25) is 0 Å². The lowest BCUT2D eigenvalue weighted by molar-refractivity contribution is 0.299. The SMILES string of the molecule is OCCc1ccc(N2CCNC[C@H]2c2ccc(Cl)cc2)c(Cl)c1. The Hall–Kier alpha value is -1.26. The molecule has 122 valence electrons. The highest BCUT2D eigenvalue weighted by Gasteiger charge is 2.25. The number of rotatable bonds is 4. The zero-order valence-electron chi connectivity index (χ0n) is 12.8. The second-order valence-electron chi connectivity index (χ2n) is 5.72. The van der Waals surface area contributed by atoms with Gasteiger partial charge in [-0.05, 0) is 41.8 Å². The Morgan fingerprint density at radius 2 is 1.91 bits per heavy atom. The molecule has 2 aromatic rings. The predicted octanol–water partition coefficient (Wildman–Crippen LogP) is 3.68. The number of hydrogen-bond acceptors (Lipinski definition) is 3. The highest BCUT2D eigenvalue weighted by Crippen LogP contribution is 2.34. The fraction of sp³-hybridized carbons (Fsp3) is 0.333. The van der Waals surface area contributed by atoms with Crippen molar-refractivity contribution in [1.82, 2.24) is 5.32 Å². The summed E-state index contributed by atoms with van der Waals surface area (Å²) in [5, 5.41) is 14.0. The molecule has 0 spiro atoms. The first-order valence-electron chi connectivity index (χ1n) is 7.81. The Bertz CT molecular complexity index is 661. The van der Waals surface area contributed by atoms with Crippen LogP contribution < -0.4 is 10.2 Å². The van der Waals surface area contributed by atoms with E-state index in [4.69, 9.17) is 28.3 Å². The molecular formula is C18H20Cl2N2O. The van der Waals surface area contributed by atoms with Crippen LogP contribution in [-0.4, -0.2) is 31.3 Å². The standard InChI is InChI=1S/C18H20Cl2N2O/c19-15-4-2-14(3-5-15)18-12-21-8-9-22(18)17-6-1-13(7-10-23)11-16(17)20/h1-6,11,18,21,23H,7-10,12H2/t18-/m0/s1. The van der Waals surface area contributed by atoms with E-state index in [1.54, 1.807) is 0 Å². The van der Waals surface area contributed by atoms with E-state index in [0.29, 0.717) is 6.42 Å². The summed E-state index contributed by atoms with van der Waals surface area (Å²) in [6.45, 7) is 2.83. The van der Waals surface area contributed by atoms with Gasteiger partial charge in [-0.1, -0.05) is 41.4 Å². The minimum absolute atomic E-state index is 0.136. The molecule has 1 heterocycles. The summed E-state index contributed by atoms with van der Waals surface area (Å²) in [5.74, 6) is 0. The molecule has 1 atom stereocenters. The summed E-state index contributed by atoms with van der Waals surface area (Å²) < 4.78 is 0. The average Bonchev–Trinajstić information content (AvgIpc) is 2.56. The van der Waals surface area contributed by atoms with E-state index in [-0.39, 0.29) is 12.6 Å². The number of anilines is 1. The first-order valence-corrected chi connectivity index (χ1v) is 8.57. The lowest BCUT2D eigenvalue weighted by Gasteiger charge is -2.39. The number of nitrogens with one attached hydrogen (secondary N) is 1. The molecule has 5 heteroatoms. The summed E-state index contributed by atoms with van der Waals surface area (Å²) in [4.78, 5) is 2.34. The van der Waals surface area contributed by atoms with Crippen LogP contribution in [0.3, 0.4) is 0 Å². The van der Waals surface area contributed by atoms with E-state index in [9.17, 15) is 0 Å². The van der Waals surface area contributed by atoms with E-state index in [1.165, 1.54) is 5.56 Å². The normalized spacial score (nSPS) is 18.2. The molecule has 0 unspecified atom stereocenters. The number of nitrogens with zero attached hydrogens (tertiary/aromatic N) is 1. The number of halogens is 2. The van der Waals surface area contributed by atoms with Gasteiger partial charge in [-0.15, -0.1) is 0 Å². The zero-order valence-corrected chi connectivity index (χ0v) is 14.3. The van der Waals surface area contributed by atoms with E-state index < -0.39 is 0 Å². The third-order valence-electron chi connectivity index (χ3n) is 4.22. The van der Waals surface area contributed by atoms with Crippen LogP contribution in [0.5, 0.6) is 0 Å². The van der Waals surface area contributed by atoms with Crippen molar-refractivity contribution in [2.45, 2.75) is 12.5 Å². The predicted molar refractivity (Wildman–Crippen MR) is 96.7 cm³/mol. The third-order valence-corrected chi connectivity index (χ3v) is 4.77. The topological polar surface area (TPSA) is 35.5 Å². The molecule has 1 aliphatic rings. The number of hydrogen-bond donors (Lipinski definition) is 2. The van der Waals surface area contributed by atoms with Crippen LogP contribution in [0.25, 0.3) is 0 Å². The second kappa shape index (κ2) is 7.54. The van der Waals surface area contributed by atoms with Crippen LogP contribution in [0.2, 0.25) is 10.0 Å². The number of benzene rings is 2. The van der Waals surface area contributed by atoms with Gasteiger partial charge in [0.1, 0.15) is 0 Å². The Labute approximate surface area is 146 Å². The van der Waals surface area contributed by atoms with Gasteiger partial charge in [0, 0.05) is 31.3 Å². The van der Waals surface area contributed by atoms with Gasteiger partial charge >= 0.3 is 0 Å². The van der Waals surface area contributed by atoms with Gasteiger partial charge in [0.15, 0.2) is 0 Å². The molecule has 3 nitrogen and oxygen atoms in total. The van der Waals surface area contributed by atoms with Crippen molar-refractivity contribution in [2.75, 3.05) is 31.1 Å². The first kappa shape index (κ1) is 16.6. The number of piperazine rings is 1. The van der Waals surface area contributed by atoms with Gasteiger partial charge in [-0.2, -0.15) is 0 Å². The minimum atomic E-state index is 0.136. The fourth-order valence-corrected chi connectivity index (χ4v) is 3.48. The van der Waals surface area contributed by atoms with Crippen LogP contribution in [0.4, 0.5) is 5.69 Å². The van der Waals surface area contributed by atoms with Crippen molar-refractivity contribution >= 4 is 28.9 Å². The summed E-state index contributed by atoms with van der Waals surface area (Å²) in [7, 11) is 0. The summed E-state index contributed by atoms with van der Waals surface area (Å²) >= 11 is 12.5. The summed E-state index contributed by atoms with van der Waals surface area (Å²) in [6.07, 6.45) is 0.627. The lowest BCUT2D eigenvalue weighted by Crippen LogP contribution is -2.46. The van der Waals surface area contributed by atoms with Crippen LogP contribution in [0.1, 0.15) is 17.2 Å². The molecule has 1 saturated heterocycles. The Morgan fingerprint density at radius 1 is 1.13 bits per heavy atom. The molecule has 1 aliphatic heterocycles. The first-order chi connectivity index (χ1) is 11.2.